The van der Waals surface area contributed by atoms with E-state index in [4.69, 9.17) is 9.47 Å². The highest BCUT2D eigenvalue weighted by Gasteiger charge is 2.06. The maximum atomic E-state index is 5.77. The molecular weight excluding hydrogens is 254 g/mol. The van der Waals surface area contributed by atoms with Gasteiger partial charge in [0, 0.05) is 12.6 Å². The molecule has 106 valence electrons. The first-order valence-corrected chi connectivity index (χ1v) is 6.79. The molecule has 0 atom stereocenters. The number of aromatic nitrogens is 2. The van der Waals surface area contributed by atoms with Crippen LogP contribution in [0.25, 0.3) is 0 Å². The quantitative estimate of drug-likeness (QED) is 0.836. The highest BCUT2D eigenvalue weighted by molar-refractivity contribution is 5.43. The fourth-order valence-electron chi connectivity index (χ4n) is 1.67. The van der Waals surface area contributed by atoms with Crippen LogP contribution in [-0.2, 0) is 0 Å². The minimum Gasteiger partial charge on any atom is -0.490 e. The van der Waals surface area contributed by atoms with Gasteiger partial charge < -0.3 is 14.8 Å². The molecule has 0 aliphatic heterocycles. The summed E-state index contributed by atoms with van der Waals surface area (Å²) in [6.07, 6.45) is 2.52. The predicted octanol–water partition coefficient (Wildman–Crippen LogP) is 3.49. The first kappa shape index (κ1) is 14.1. The van der Waals surface area contributed by atoms with E-state index in [2.05, 4.69) is 22.2 Å². The maximum Gasteiger partial charge on any atom is 0.224 e. The molecule has 2 aromatic rings. The summed E-state index contributed by atoms with van der Waals surface area (Å²) in [5.41, 5.74) is 0. The molecule has 20 heavy (non-hydrogen) atoms. The normalized spacial score (nSPS) is 10.1. The van der Waals surface area contributed by atoms with E-state index in [-0.39, 0.29) is 0 Å². The zero-order chi connectivity index (χ0) is 14.2. The van der Waals surface area contributed by atoms with Crippen LogP contribution in [0.15, 0.2) is 36.7 Å². The molecule has 0 aliphatic rings. The molecule has 2 rings (SSSR count). The summed E-state index contributed by atoms with van der Waals surface area (Å²) in [7, 11) is 0. The summed E-state index contributed by atoms with van der Waals surface area (Å²) in [5, 5.41) is 3.20. The van der Waals surface area contributed by atoms with Gasteiger partial charge in [0.15, 0.2) is 11.5 Å². The summed E-state index contributed by atoms with van der Waals surface area (Å²) < 4.78 is 11.3. The lowest BCUT2D eigenvalue weighted by atomic mass is 10.3. The van der Waals surface area contributed by atoms with Gasteiger partial charge in [0.2, 0.25) is 5.88 Å². The van der Waals surface area contributed by atoms with Crippen LogP contribution < -0.4 is 14.8 Å². The van der Waals surface area contributed by atoms with Crippen molar-refractivity contribution < 1.29 is 9.47 Å². The van der Waals surface area contributed by atoms with Crippen molar-refractivity contribution in [1.29, 1.82) is 0 Å². The third kappa shape index (κ3) is 3.85. The smallest absolute Gasteiger partial charge is 0.224 e. The molecule has 0 saturated carbocycles. The molecule has 0 saturated heterocycles. The molecule has 1 aromatic heterocycles. The summed E-state index contributed by atoms with van der Waals surface area (Å²) in [5.74, 6) is 2.60. The summed E-state index contributed by atoms with van der Waals surface area (Å²) in [4.78, 5) is 8.26. The minimum atomic E-state index is 0.491. The molecule has 1 heterocycles. The van der Waals surface area contributed by atoms with Crippen molar-refractivity contribution in [2.45, 2.75) is 20.3 Å². The second-order valence-electron chi connectivity index (χ2n) is 4.15. The molecule has 0 spiro atoms. The number of ether oxygens (including phenoxy) is 2. The number of benzene rings is 1. The van der Waals surface area contributed by atoms with Gasteiger partial charge >= 0.3 is 0 Å². The first-order valence-electron chi connectivity index (χ1n) is 6.79. The van der Waals surface area contributed by atoms with Crippen LogP contribution >= 0.6 is 0 Å². The third-order valence-electron chi connectivity index (χ3n) is 2.56. The summed E-state index contributed by atoms with van der Waals surface area (Å²) in [6.45, 7) is 5.50. The van der Waals surface area contributed by atoms with Gasteiger partial charge in [-0.3, -0.25) is 0 Å². The van der Waals surface area contributed by atoms with Gasteiger partial charge in [0.1, 0.15) is 12.1 Å². The Bertz CT molecular complexity index is 546. The van der Waals surface area contributed by atoms with E-state index in [1.807, 2.05) is 31.2 Å². The standard InChI is InChI=1S/C15H19N3O2/c1-3-9-16-14-10-15(18-11-17-14)20-13-8-6-5-7-12(13)19-4-2/h5-8,10-11H,3-4,9H2,1-2H3,(H,16,17,18). The fourth-order valence-corrected chi connectivity index (χ4v) is 1.67. The van der Waals surface area contributed by atoms with Gasteiger partial charge in [0.05, 0.1) is 6.61 Å². The van der Waals surface area contributed by atoms with E-state index in [0.717, 1.165) is 18.8 Å². The van der Waals surface area contributed by atoms with Gasteiger partial charge in [-0.05, 0) is 25.5 Å². The van der Waals surface area contributed by atoms with Crippen LogP contribution in [0.5, 0.6) is 17.4 Å². The molecular formula is C15H19N3O2. The van der Waals surface area contributed by atoms with Gasteiger partial charge in [-0.1, -0.05) is 19.1 Å². The number of hydrogen-bond acceptors (Lipinski definition) is 5. The van der Waals surface area contributed by atoms with E-state index >= 15 is 0 Å². The number of anilines is 1. The maximum absolute atomic E-state index is 5.77. The van der Waals surface area contributed by atoms with Gasteiger partial charge in [-0.25, -0.2) is 9.97 Å². The van der Waals surface area contributed by atoms with Crippen LogP contribution in [0.4, 0.5) is 5.82 Å². The van der Waals surface area contributed by atoms with Crippen LogP contribution in [0.2, 0.25) is 0 Å². The number of nitrogens with one attached hydrogen (secondary N) is 1. The molecule has 0 amide bonds. The molecule has 0 bridgehead atoms. The second kappa shape index (κ2) is 7.33. The SMILES string of the molecule is CCCNc1cc(Oc2ccccc2OCC)ncn1. The molecule has 5 heteroatoms. The molecule has 0 radical (unpaired) electrons. The molecule has 0 aliphatic carbocycles. The van der Waals surface area contributed by atoms with Crippen molar-refractivity contribution in [3.8, 4) is 17.4 Å². The Morgan fingerprint density at radius 2 is 1.90 bits per heavy atom. The van der Waals surface area contributed by atoms with Crippen LogP contribution in [0.3, 0.4) is 0 Å². The van der Waals surface area contributed by atoms with E-state index in [9.17, 15) is 0 Å². The zero-order valence-electron chi connectivity index (χ0n) is 11.8. The topological polar surface area (TPSA) is 56.3 Å². The predicted molar refractivity (Wildman–Crippen MR) is 78.5 cm³/mol. The van der Waals surface area contributed by atoms with E-state index in [1.54, 1.807) is 6.07 Å². The van der Waals surface area contributed by atoms with Crippen molar-refractivity contribution in [1.82, 2.24) is 9.97 Å². The fraction of sp³-hybridized carbons (Fsp3) is 0.333. The Balaban J connectivity index is 2.13. The Morgan fingerprint density at radius 1 is 1.10 bits per heavy atom. The lowest BCUT2D eigenvalue weighted by molar-refractivity contribution is 0.319. The van der Waals surface area contributed by atoms with Gasteiger partial charge in [0.25, 0.3) is 0 Å². The average molecular weight is 273 g/mol. The van der Waals surface area contributed by atoms with Crippen molar-refractivity contribution in [3.05, 3.63) is 36.7 Å². The molecule has 5 nitrogen and oxygen atoms in total. The van der Waals surface area contributed by atoms with E-state index in [1.165, 1.54) is 6.33 Å². The lowest BCUT2D eigenvalue weighted by Gasteiger charge is -2.11. The Morgan fingerprint density at radius 3 is 2.65 bits per heavy atom. The third-order valence-corrected chi connectivity index (χ3v) is 2.56. The van der Waals surface area contributed by atoms with Crippen LogP contribution in [-0.4, -0.2) is 23.1 Å². The van der Waals surface area contributed by atoms with Crippen molar-refractivity contribution in [2.24, 2.45) is 0 Å². The molecule has 0 unspecified atom stereocenters. The Labute approximate surface area is 119 Å². The van der Waals surface area contributed by atoms with Gasteiger partial charge in [-0.2, -0.15) is 0 Å². The Kier molecular flexibility index (Phi) is 5.17. The highest BCUT2D eigenvalue weighted by Crippen LogP contribution is 2.30. The monoisotopic (exact) mass is 273 g/mol. The van der Waals surface area contributed by atoms with Gasteiger partial charge in [-0.15, -0.1) is 0 Å². The largest absolute Gasteiger partial charge is 0.490 e. The van der Waals surface area contributed by atoms with E-state index < -0.39 is 0 Å². The van der Waals surface area contributed by atoms with Crippen molar-refractivity contribution in [2.75, 3.05) is 18.5 Å². The van der Waals surface area contributed by atoms with Crippen LogP contribution in [0, 0.1) is 0 Å². The average Bonchev–Trinajstić information content (AvgIpc) is 2.48. The second-order valence-corrected chi connectivity index (χ2v) is 4.15. The summed E-state index contributed by atoms with van der Waals surface area (Å²) >= 11 is 0. The van der Waals surface area contributed by atoms with E-state index in [0.29, 0.717) is 24.0 Å². The summed E-state index contributed by atoms with van der Waals surface area (Å²) in [6, 6.07) is 9.31. The minimum absolute atomic E-state index is 0.491. The number of nitrogens with zero attached hydrogens (tertiary/aromatic N) is 2. The zero-order valence-corrected chi connectivity index (χ0v) is 11.8. The number of para-hydroxylation sites is 2. The molecule has 1 N–H and O–H groups in total. The Hall–Kier alpha value is -2.30. The number of hydrogen-bond donors (Lipinski definition) is 1. The molecule has 1 aromatic carbocycles. The number of rotatable bonds is 7. The van der Waals surface area contributed by atoms with Crippen LogP contribution in [0.1, 0.15) is 20.3 Å². The molecule has 0 fully saturated rings. The first-order chi connectivity index (χ1) is 9.83. The van der Waals surface area contributed by atoms with Crippen molar-refractivity contribution >= 4 is 5.82 Å². The van der Waals surface area contributed by atoms with Crippen molar-refractivity contribution in [3.63, 3.8) is 0 Å². The lowest BCUT2D eigenvalue weighted by Crippen LogP contribution is -2.02. The highest BCUT2D eigenvalue weighted by atomic mass is 16.5.